The largest absolute Gasteiger partial charge is 0.477 e. The van der Waals surface area contributed by atoms with Gasteiger partial charge in [0.15, 0.2) is 0 Å². The molecule has 1 aromatic heterocycles. The molecule has 1 aliphatic rings. The van der Waals surface area contributed by atoms with Gasteiger partial charge >= 0.3 is 5.97 Å². The summed E-state index contributed by atoms with van der Waals surface area (Å²) in [5.41, 5.74) is 2.70. The molecule has 0 radical (unpaired) electrons. The smallest absolute Gasteiger partial charge is 0.352 e. The maximum Gasteiger partial charge on any atom is 0.352 e. The van der Waals surface area contributed by atoms with Crippen molar-refractivity contribution < 1.29 is 9.90 Å². The van der Waals surface area contributed by atoms with E-state index in [0.29, 0.717) is 18.2 Å². The monoisotopic (exact) mass is 297 g/mol. The van der Waals surface area contributed by atoms with E-state index in [1.165, 1.54) is 32.1 Å². The number of carboxylic acids is 1. The Morgan fingerprint density at radius 1 is 1.05 bits per heavy atom. The molecule has 0 atom stereocenters. The number of carbonyl (C=O) groups is 1. The maximum absolute atomic E-state index is 11.5. The quantitative estimate of drug-likeness (QED) is 0.891. The van der Waals surface area contributed by atoms with Crippen LogP contribution in [0.1, 0.15) is 53.8 Å². The van der Waals surface area contributed by atoms with Crippen molar-refractivity contribution >= 4 is 5.97 Å². The van der Waals surface area contributed by atoms with Crippen LogP contribution in [0.15, 0.2) is 42.5 Å². The number of nitrogens with zero attached hydrogens (tertiary/aromatic N) is 1. The van der Waals surface area contributed by atoms with Gasteiger partial charge < -0.3 is 9.67 Å². The van der Waals surface area contributed by atoms with E-state index in [1.807, 2.05) is 28.8 Å². The van der Waals surface area contributed by atoms with Gasteiger partial charge in [0, 0.05) is 12.2 Å². The molecule has 1 aromatic carbocycles. The Hall–Kier alpha value is -2.03. The molecule has 3 rings (SSSR count). The van der Waals surface area contributed by atoms with Gasteiger partial charge in [-0.25, -0.2) is 4.79 Å². The first-order chi connectivity index (χ1) is 10.7. The number of aromatic nitrogens is 1. The van der Waals surface area contributed by atoms with E-state index in [4.69, 9.17) is 0 Å². The first-order valence-electron chi connectivity index (χ1n) is 8.19. The summed E-state index contributed by atoms with van der Waals surface area (Å²) in [7, 11) is 0. The zero-order valence-corrected chi connectivity index (χ0v) is 12.9. The van der Waals surface area contributed by atoms with Crippen LogP contribution >= 0.6 is 0 Å². The van der Waals surface area contributed by atoms with E-state index in [1.54, 1.807) is 6.07 Å². The van der Waals surface area contributed by atoms with Crippen LogP contribution in [0.2, 0.25) is 0 Å². The first-order valence-corrected chi connectivity index (χ1v) is 8.19. The first kappa shape index (κ1) is 14.9. The Morgan fingerprint density at radius 3 is 2.45 bits per heavy atom. The molecule has 1 aliphatic carbocycles. The van der Waals surface area contributed by atoms with Gasteiger partial charge in [-0.15, -0.1) is 0 Å². The lowest BCUT2D eigenvalue weighted by atomic mass is 9.86. The summed E-state index contributed by atoms with van der Waals surface area (Å²) in [6, 6.07) is 13.8. The Morgan fingerprint density at radius 2 is 1.77 bits per heavy atom. The second-order valence-electron chi connectivity index (χ2n) is 6.29. The molecular weight excluding hydrogens is 274 g/mol. The summed E-state index contributed by atoms with van der Waals surface area (Å²) in [5, 5.41) is 9.44. The molecular formula is C19H23NO2. The minimum atomic E-state index is -0.842. The average Bonchev–Trinajstić information content (AvgIpc) is 2.92. The second kappa shape index (κ2) is 6.82. The van der Waals surface area contributed by atoms with Crippen LogP contribution in [0.4, 0.5) is 0 Å². The Balaban J connectivity index is 1.84. The number of benzene rings is 1. The van der Waals surface area contributed by atoms with Gasteiger partial charge in [0.1, 0.15) is 5.69 Å². The number of rotatable bonds is 5. The predicted molar refractivity (Wildman–Crippen MR) is 87.2 cm³/mol. The lowest BCUT2D eigenvalue weighted by molar-refractivity contribution is 0.0685. The fourth-order valence-electron chi connectivity index (χ4n) is 3.51. The molecule has 0 spiro atoms. The maximum atomic E-state index is 11.5. The molecule has 1 saturated carbocycles. The topological polar surface area (TPSA) is 42.2 Å². The van der Waals surface area contributed by atoms with Crippen molar-refractivity contribution in [1.82, 2.24) is 4.57 Å². The van der Waals surface area contributed by atoms with E-state index >= 15 is 0 Å². The molecule has 22 heavy (non-hydrogen) atoms. The highest BCUT2D eigenvalue weighted by Gasteiger charge is 2.19. The van der Waals surface area contributed by atoms with Crippen molar-refractivity contribution in [2.75, 3.05) is 0 Å². The summed E-state index contributed by atoms with van der Waals surface area (Å²) < 4.78 is 1.98. The van der Waals surface area contributed by atoms with E-state index in [9.17, 15) is 9.90 Å². The van der Waals surface area contributed by atoms with Crippen LogP contribution in [0.3, 0.4) is 0 Å². The van der Waals surface area contributed by atoms with Gasteiger partial charge in [-0.1, -0.05) is 62.4 Å². The third kappa shape index (κ3) is 3.41. The average molecular weight is 297 g/mol. The fourth-order valence-corrected chi connectivity index (χ4v) is 3.51. The highest BCUT2D eigenvalue weighted by Crippen LogP contribution is 2.28. The molecule has 3 nitrogen and oxygen atoms in total. The zero-order chi connectivity index (χ0) is 15.4. The predicted octanol–water partition coefficient (Wildman–Crippen LogP) is 4.36. The summed E-state index contributed by atoms with van der Waals surface area (Å²) in [5.74, 6) is -0.134. The third-order valence-corrected chi connectivity index (χ3v) is 4.70. The number of carboxylic acid groups (broad SMARTS) is 1. The standard InChI is InChI=1S/C19H23NO2/c21-19(22)18-12-11-17(13-15-7-3-1-4-8-15)20(18)14-16-9-5-2-6-10-16/h2,5-6,9-12,15H,1,3-4,7-8,13-14H2,(H,21,22). The van der Waals surface area contributed by atoms with Crippen molar-refractivity contribution in [2.45, 2.75) is 45.1 Å². The Labute approximate surface area is 131 Å². The molecule has 0 aliphatic heterocycles. The number of hydrogen-bond acceptors (Lipinski definition) is 1. The summed E-state index contributed by atoms with van der Waals surface area (Å²) in [6.07, 6.45) is 7.53. The van der Waals surface area contributed by atoms with Gasteiger partial charge in [0.05, 0.1) is 0 Å². The molecule has 1 N–H and O–H groups in total. The number of hydrogen-bond donors (Lipinski definition) is 1. The summed E-state index contributed by atoms with van der Waals surface area (Å²) in [4.78, 5) is 11.5. The third-order valence-electron chi connectivity index (χ3n) is 4.70. The van der Waals surface area contributed by atoms with Gasteiger partial charge in [-0.05, 0) is 30.0 Å². The van der Waals surface area contributed by atoms with Crippen molar-refractivity contribution in [2.24, 2.45) is 5.92 Å². The molecule has 0 amide bonds. The van der Waals surface area contributed by atoms with Crippen LogP contribution in [-0.2, 0) is 13.0 Å². The van der Waals surface area contributed by atoms with Crippen molar-refractivity contribution in [3.05, 3.63) is 59.4 Å². The van der Waals surface area contributed by atoms with Crippen LogP contribution in [0.25, 0.3) is 0 Å². The van der Waals surface area contributed by atoms with E-state index in [0.717, 1.165) is 17.7 Å². The van der Waals surface area contributed by atoms with E-state index in [2.05, 4.69) is 12.1 Å². The van der Waals surface area contributed by atoms with Gasteiger partial charge in [0.25, 0.3) is 0 Å². The van der Waals surface area contributed by atoms with E-state index < -0.39 is 5.97 Å². The van der Waals surface area contributed by atoms with Gasteiger partial charge in [-0.2, -0.15) is 0 Å². The fraction of sp³-hybridized carbons (Fsp3) is 0.421. The Bertz CT molecular complexity index is 624. The summed E-state index contributed by atoms with van der Waals surface area (Å²) >= 11 is 0. The van der Waals surface area contributed by atoms with Gasteiger partial charge in [0.2, 0.25) is 0 Å². The van der Waals surface area contributed by atoms with Crippen molar-refractivity contribution in [1.29, 1.82) is 0 Å². The normalized spacial score (nSPS) is 15.8. The van der Waals surface area contributed by atoms with Crippen LogP contribution in [0.5, 0.6) is 0 Å². The molecule has 0 unspecified atom stereocenters. The summed E-state index contributed by atoms with van der Waals surface area (Å²) in [6.45, 7) is 0.636. The molecule has 1 heterocycles. The highest BCUT2D eigenvalue weighted by atomic mass is 16.4. The van der Waals surface area contributed by atoms with Crippen LogP contribution in [0, 0.1) is 5.92 Å². The minimum Gasteiger partial charge on any atom is -0.477 e. The molecule has 1 fully saturated rings. The minimum absolute atomic E-state index is 0.398. The zero-order valence-electron chi connectivity index (χ0n) is 12.9. The van der Waals surface area contributed by atoms with Crippen LogP contribution in [-0.4, -0.2) is 15.6 Å². The SMILES string of the molecule is O=C(O)c1ccc(CC2CCCCC2)n1Cc1ccccc1. The van der Waals surface area contributed by atoms with E-state index in [-0.39, 0.29) is 0 Å². The molecule has 3 heteroatoms. The van der Waals surface area contributed by atoms with Gasteiger partial charge in [-0.3, -0.25) is 0 Å². The molecule has 116 valence electrons. The molecule has 2 aromatic rings. The highest BCUT2D eigenvalue weighted by molar-refractivity contribution is 5.86. The molecule has 0 bridgehead atoms. The number of aromatic carboxylic acids is 1. The van der Waals surface area contributed by atoms with Crippen molar-refractivity contribution in [3.63, 3.8) is 0 Å². The van der Waals surface area contributed by atoms with Crippen LogP contribution < -0.4 is 0 Å². The molecule has 0 saturated heterocycles. The van der Waals surface area contributed by atoms with Crippen molar-refractivity contribution in [3.8, 4) is 0 Å². The Kier molecular flexibility index (Phi) is 4.62. The second-order valence-corrected chi connectivity index (χ2v) is 6.29. The lowest BCUT2D eigenvalue weighted by Gasteiger charge is -2.22. The lowest BCUT2D eigenvalue weighted by Crippen LogP contribution is -2.16.